The standard InChI is InChI=1S/C69H14O4/c1-5(2)72-65(70)69(66(71)73-6(3)4)67-61-53-45-35-25-17-9-7-8-11-15-13(9)21-29-23(15)33-27-19(11)20-12(8)16-14-10(7)18(17)26-32-22(14)30-24(16)34-28(20)38-37(27)47-41(33)51-43(29)49(39(45)31(21)25)57(61)59(51)63-55(47)56-48(38)42(34)52-44(30)50-40(32)46(36(26)35)54(53)62(67)58(50)60(52)64(56)68(63,67)69/h5-6H,1-4H3. The zero-order valence-electron chi connectivity index (χ0n) is 38.3. The van der Waals surface area contributed by atoms with E-state index in [2.05, 4.69) is 0 Å². The Morgan fingerprint density at radius 2 is 0.329 bits per heavy atom. The van der Waals surface area contributed by atoms with E-state index < -0.39 is 28.5 Å². The summed E-state index contributed by atoms with van der Waals surface area (Å²) in [5, 5.41) is 80.2. The molecule has 0 amide bonds. The molecule has 1 fully saturated rings. The van der Waals surface area contributed by atoms with E-state index >= 15 is 9.59 Å². The van der Waals surface area contributed by atoms with Gasteiger partial charge in [-0.3, -0.25) is 9.59 Å². The quantitative estimate of drug-likeness (QED) is 0.100. The Morgan fingerprint density at radius 3 is 0.438 bits per heavy atom. The van der Waals surface area contributed by atoms with Gasteiger partial charge in [0.05, 0.1) is 23.0 Å². The van der Waals surface area contributed by atoms with Crippen LogP contribution in [-0.2, 0) is 29.9 Å². The lowest BCUT2D eigenvalue weighted by atomic mass is 9.68. The third-order valence-corrected chi connectivity index (χ3v) is 25.7. The van der Waals surface area contributed by atoms with Crippen molar-refractivity contribution in [1.29, 1.82) is 0 Å². The zero-order valence-corrected chi connectivity index (χ0v) is 38.3. The minimum atomic E-state index is -1.70. The average Bonchev–Trinajstić information content (AvgIpc) is 4.02. The van der Waals surface area contributed by atoms with Crippen molar-refractivity contribution in [3.05, 3.63) is 22.3 Å². The maximum Gasteiger partial charge on any atom is 0.326 e. The number of hydrogen-bond acceptors (Lipinski definition) is 4. The van der Waals surface area contributed by atoms with E-state index in [1.54, 1.807) is 97.0 Å². The van der Waals surface area contributed by atoms with E-state index in [1.165, 1.54) is 216 Å². The molecule has 1 saturated carbocycles. The van der Waals surface area contributed by atoms with Gasteiger partial charge in [0, 0.05) is 0 Å². The molecule has 28 aromatic rings. The SMILES string of the molecule is CC(C)OC(=O)C1(C(=O)OC(C)C)C23c4c5c6c7c8c9c(c%10c%11c2c2c4c4c%12c5c5c6c6c8c8c%13c9c9c%10c%10c%11c%11c2c2c4c4c%12c%12c5c5c6c8c6c8c%13c9c9c%10c%10c%11c2c2c4c4c%12c5c6c5c8c9c%10c2c45)C713. The van der Waals surface area contributed by atoms with Crippen LogP contribution >= 0.6 is 0 Å². The number of hydrogen-bond donors (Lipinski definition) is 0. The van der Waals surface area contributed by atoms with Crippen LogP contribution in [0, 0.1) is 5.41 Å². The molecule has 0 radical (unpaired) electrons. The van der Waals surface area contributed by atoms with Crippen molar-refractivity contribution in [1.82, 2.24) is 0 Å². The molecule has 0 aliphatic heterocycles. The van der Waals surface area contributed by atoms with Gasteiger partial charge in [0.15, 0.2) is 5.41 Å². The van der Waals surface area contributed by atoms with E-state index in [0.29, 0.717) is 0 Å². The number of benzene rings is 18. The lowest BCUT2D eigenvalue weighted by Crippen LogP contribution is -2.40. The van der Waals surface area contributed by atoms with Crippen LogP contribution in [0.2, 0.25) is 0 Å². The van der Waals surface area contributed by atoms with Gasteiger partial charge in [-0.1, -0.05) is 0 Å². The van der Waals surface area contributed by atoms with Crippen molar-refractivity contribution in [3.8, 4) is 0 Å². The summed E-state index contributed by atoms with van der Waals surface area (Å²) >= 11 is 0. The summed E-state index contributed by atoms with van der Waals surface area (Å²) in [4.78, 5) is 33.8. The molecule has 0 heterocycles. The number of ether oxygens (including phenoxy) is 2. The van der Waals surface area contributed by atoms with Crippen molar-refractivity contribution in [2.75, 3.05) is 0 Å². The van der Waals surface area contributed by atoms with Gasteiger partial charge in [0.1, 0.15) is 0 Å². The molecule has 314 valence electrons. The maximum atomic E-state index is 16.9. The molecule has 73 heavy (non-hydrogen) atoms. The fourth-order valence-corrected chi connectivity index (χ4v) is 25.9. The van der Waals surface area contributed by atoms with Crippen LogP contribution in [0.1, 0.15) is 49.9 Å². The molecule has 5 aliphatic carbocycles. The van der Waals surface area contributed by atoms with Gasteiger partial charge in [-0.05, 0) is 341 Å². The molecule has 33 rings (SSSR count). The highest BCUT2D eigenvalue weighted by molar-refractivity contribution is 6.82. The van der Waals surface area contributed by atoms with Crippen LogP contribution in [-0.4, -0.2) is 24.1 Å². The van der Waals surface area contributed by atoms with Crippen molar-refractivity contribution < 1.29 is 19.1 Å². The van der Waals surface area contributed by atoms with Gasteiger partial charge in [-0.2, -0.15) is 0 Å². The topological polar surface area (TPSA) is 52.6 Å². The fraction of sp³-hybridized carbons (Fsp3) is 0.130. The van der Waals surface area contributed by atoms with Gasteiger partial charge >= 0.3 is 11.9 Å². The predicted molar refractivity (Wildman–Crippen MR) is 299 cm³/mol. The molecular weight excluding hydrogens is 893 g/mol. The Kier molecular flexibility index (Phi) is 2.47. The minimum absolute atomic E-state index is 0.386. The van der Waals surface area contributed by atoms with E-state index in [9.17, 15) is 0 Å². The van der Waals surface area contributed by atoms with Crippen LogP contribution in [0.5, 0.6) is 0 Å². The molecule has 0 N–H and O–H groups in total. The summed E-state index contributed by atoms with van der Waals surface area (Å²) in [5.74, 6) is -0.772. The molecule has 0 atom stereocenters. The van der Waals surface area contributed by atoms with Gasteiger partial charge < -0.3 is 9.47 Å². The lowest BCUT2D eigenvalue weighted by molar-refractivity contribution is -0.170. The summed E-state index contributed by atoms with van der Waals surface area (Å²) in [6, 6.07) is 0. The molecule has 4 nitrogen and oxygen atoms in total. The van der Waals surface area contributed by atoms with E-state index in [0.717, 1.165) is 0 Å². The lowest BCUT2D eigenvalue weighted by Gasteiger charge is -2.32. The first-order valence-electron chi connectivity index (χ1n) is 27.1. The van der Waals surface area contributed by atoms with Crippen LogP contribution in [0.4, 0.5) is 0 Å². The Balaban J connectivity index is 1.16. The first-order valence-corrected chi connectivity index (χ1v) is 27.1. The van der Waals surface area contributed by atoms with Gasteiger partial charge in [0.2, 0.25) is 0 Å². The maximum absolute atomic E-state index is 16.9. The normalized spacial score (nSPS) is 19.9. The Labute approximate surface area is 398 Å². The van der Waals surface area contributed by atoms with E-state index in [-0.39, 0.29) is 11.9 Å². The number of esters is 2. The number of rotatable bonds is 4. The highest BCUT2D eigenvalue weighted by Crippen LogP contribution is 2.96. The second-order valence-electron chi connectivity index (χ2n) is 26.9. The predicted octanol–water partition coefficient (Wildman–Crippen LogP) is 17.2. The Hall–Kier alpha value is -8.60. The molecule has 28 aromatic carbocycles. The summed E-state index contributed by atoms with van der Waals surface area (Å²) in [6.45, 7) is 7.92. The van der Waals surface area contributed by atoms with Gasteiger partial charge in [0.25, 0.3) is 0 Å². The van der Waals surface area contributed by atoms with Crippen molar-refractivity contribution in [2.24, 2.45) is 5.41 Å². The molecule has 5 aliphatic rings. The molecule has 0 unspecified atom stereocenters. The largest absolute Gasteiger partial charge is 0.462 e. The van der Waals surface area contributed by atoms with Crippen molar-refractivity contribution >= 4 is 303 Å². The highest BCUT2D eigenvalue weighted by Gasteiger charge is 3.01. The van der Waals surface area contributed by atoms with Crippen molar-refractivity contribution in [2.45, 2.75) is 50.7 Å². The number of carbonyl (C=O) groups excluding carboxylic acids is 2. The fourth-order valence-electron chi connectivity index (χ4n) is 25.9. The molecule has 4 heteroatoms. The average molecular weight is 907 g/mol. The summed E-state index contributed by atoms with van der Waals surface area (Å²) in [7, 11) is 0. The Bertz CT molecular complexity index is 6790. The highest BCUT2D eigenvalue weighted by atomic mass is 16.6. The smallest absolute Gasteiger partial charge is 0.326 e. The molecule has 0 bridgehead atoms. The zero-order chi connectivity index (χ0) is 44.7. The summed E-state index contributed by atoms with van der Waals surface area (Å²) in [6.07, 6.45) is -0.850. The Morgan fingerprint density at radius 1 is 0.219 bits per heavy atom. The number of carbonyl (C=O) groups is 2. The van der Waals surface area contributed by atoms with Crippen LogP contribution in [0.15, 0.2) is 0 Å². The second-order valence-corrected chi connectivity index (χ2v) is 26.9. The third-order valence-electron chi connectivity index (χ3n) is 25.7. The molecule has 0 saturated heterocycles. The second kappa shape index (κ2) is 6.34. The first-order chi connectivity index (χ1) is 35.9. The van der Waals surface area contributed by atoms with Crippen molar-refractivity contribution in [3.63, 3.8) is 0 Å². The van der Waals surface area contributed by atoms with Gasteiger partial charge in [-0.25, -0.2) is 0 Å². The van der Waals surface area contributed by atoms with Crippen LogP contribution in [0.25, 0.3) is 291 Å². The van der Waals surface area contributed by atoms with Crippen LogP contribution < -0.4 is 0 Å². The molecule has 2 spiro atoms. The molecule has 0 aromatic heterocycles. The monoisotopic (exact) mass is 906 g/mol. The van der Waals surface area contributed by atoms with E-state index in [1.807, 2.05) is 27.7 Å². The minimum Gasteiger partial charge on any atom is -0.462 e. The summed E-state index contributed by atoms with van der Waals surface area (Å²) < 4.78 is 13.8. The van der Waals surface area contributed by atoms with E-state index in [4.69, 9.17) is 9.47 Å². The summed E-state index contributed by atoms with van der Waals surface area (Å²) in [5.41, 5.74) is 1.30. The third kappa shape index (κ3) is 1.49. The first kappa shape index (κ1) is 28.4. The van der Waals surface area contributed by atoms with Crippen LogP contribution in [0.3, 0.4) is 0 Å². The van der Waals surface area contributed by atoms with Gasteiger partial charge in [-0.15, -0.1) is 0 Å². The molecular formula is C69H14O4.